The Balaban J connectivity index is 1.93. The molecule has 124 valence electrons. The lowest BCUT2D eigenvalue weighted by Gasteiger charge is -2.19. The van der Waals surface area contributed by atoms with Crippen LogP contribution in [-0.4, -0.2) is 11.7 Å². The molecule has 0 bridgehead atoms. The van der Waals surface area contributed by atoms with Crippen molar-refractivity contribution in [1.29, 1.82) is 0 Å². The Bertz CT molecular complexity index is 659. The number of benzene rings is 1. The van der Waals surface area contributed by atoms with E-state index in [1.54, 1.807) is 0 Å². The molecule has 2 rings (SSSR count). The zero-order chi connectivity index (χ0) is 17.0. The molecule has 0 aliphatic rings. The molecule has 0 aliphatic heterocycles. The second-order valence-corrected chi connectivity index (χ2v) is 6.99. The Morgan fingerprint density at radius 1 is 1.13 bits per heavy atom. The van der Waals surface area contributed by atoms with Gasteiger partial charge in [0, 0.05) is 11.4 Å². The second kappa shape index (κ2) is 7.08. The van der Waals surface area contributed by atoms with E-state index in [1.807, 2.05) is 64.1 Å². The minimum absolute atomic E-state index is 0.0333. The highest BCUT2D eigenvalue weighted by molar-refractivity contribution is 9.10. The predicted octanol–water partition coefficient (Wildman–Crippen LogP) is 5.56. The van der Waals surface area contributed by atoms with Crippen molar-refractivity contribution in [2.75, 3.05) is 10.6 Å². The third-order valence-electron chi connectivity index (χ3n) is 2.93. The van der Waals surface area contributed by atoms with Crippen LogP contribution in [0.15, 0.2) is 45.5 Å². The van der Waals surface area contributed by atoms with E-state index in [-0.39, 0.29) is 6.04 Å². The zero-order valence-electron chi connectivity index (χ0n) is 13.6. The van der Waals surface area contributed by atoms with Crippen molar-refractivity contribution >= 4 is 33.4 Å². The number of halogens is 1. The van der Waals surface area contributed by atoms with E-state index in [0.29, 0.717) is 10.4 Å². The topological polar surface area (TPSA) is 63.5 Å². The fourth-order valence-corrected chi connectivity index (χ4v) is 2.27. The molecule has 0 spiro atoms. The van der Waals surface area contributed by atoms with Crippen LogP contribution in [0.5, 0.6) is 0 Å². The molecule has 0 saturated heterocycles. The lowest BCUT2D eigenvalue weighted by atomic mass is 10.2. The minimum Gasteiger partial charge on any atom is -0.452 e. The van der Waals surface area contributed by atoms with Crippen molar-refractivity contribution in [2.24, 2.45) is 0 Å². The van der Waals surface area contributed by atoms with Crippen LogP contribution in [0.4, 0.5) is 16.2 Å². The number of anilines is 2. The number of nitrogens with one attached hydrogen (secondary N) is 2. The van der Waals surface area contributed by atoms with Gasteiger partial charge in [0.1, 0.15) is 11.4 Å². The lowest BCUT2D eigenvalue weighted by Crippen LogP contribution is -2.27. The summed E-state index contributed by atoms with van der Waals surface area (Å²) in [5, 5.41) is 6.03. The maximum absolute atomic E-state index is 11.7. The summed E-state index contributed by atoms with van der Waals surface area (Å²) in [4.78, 5) is 11.7. The highest BCUT2D eigenvalue weighted by Gasteiger charge is 2.16. The van der Waals surface area contributed by atoms with E-state index in [0.717, 1.165) is 11.4 Å². The van der Waals surface area contributed by atoms with Gasteiger partial charge < -0.3 is 14.5 Å². The molecule has 1 unspecified atom stereocenters. The summed E-state index contributed by atoms with van der Waals surface area (Å²) < 4.78 is 11.4. The molecule has 1 atom stereocenters. The van der Waals surface area contributed by atoms with Gasteiger partial charge in [-0.25, -0.2) is 4.79 Å². The van der Waals surface area contributed by atoms with Gasteiger partial charge in [0.15, 0.2) is 4.67 Å². The van der Waals surface area contributed by atoms with Gasteiger partial charge in [-0.2, -0.15) is 0 Å². The first-order valence-corrected chi connectivity index (χ1v) is 8.14. The lowest BCUT2D eigenvalue weighted by molar-refractivity contribution is 0.0636. The monoisotopic (exact) mass is 380 g/mol. The van der Waals surface area contributed by atoms with Crippen molar-refractivity contribution in [3.8, 4) is 0 Å². The fourth-order valence-electron chi connectivity index (χ4n) is 1.95. The zero-order valence-corrected chi connectivity index (χ0v) is 15.2. The largest absolute Gasteiger partial charge is 0.452 e. The van der Waals surface area contributed by atoms with Gasteiger partial charge >= 0.3 is 6.09 Å². The Kier molecular flexibility index (Phi) is 5.36. The molecule has 23 heavy (non-hydrogen) atoms. The molecule has 1 aromatic heterocycles. The normalized spacial score (nSPS) is 12.6. The molecular formula is C17H21BrN2O3. The van der Waals surface area contributed by atoms with Gasteiger partial charge in [-0.05, 0) is 80.0 Å². The summed E-state index contributed by atoms with van der Waals surface area (Å²) in [6.45, 7) is 7.49. The van der Waals surface area contributed by atoms with Crippen molar-refractivity contribution in [3.05, 3.63) is 46.8 Å². The molecule has 2 N–H and O–H groups in total. The van der Waals surface area contributed by atoms with Crippen LogP contribution in [0.3, 0.4) is 0 Å². The highest BCUT2D eigenvalue weighted by Crippen LogP contribution is 2.24. The highest BCUT2D eigenvalue weighted by atomic mass is 79.9. The van der Waals surface area contributed by atoms with Gasteiger partial charge in [-0.15, -0.1) is 0 Å². The summed E-state index contributed by atoms with van der Waals surface area (Å²) in [5.41, 5.74) is 1.09. The molecule has 5 nitrogen and oxygen atoms in total. The van der Waals surface area contributed by atoms with Crippen molar-refractivity contribution in [2.45, 2.75) is 39.3 Å². The van der Waals surface area contributed by atoms with Gasteiger partial charge in [0.2, 0.25) is 0 Å². The standard InChI is InChI=1S/C17H21BrN2O3/c1-11(14-9-10-15(18)22-14)19-12-5-7-13(8-6-12)20-16(21)23-17(2,3)4/h5-11,19H,1-4H3,(H,20,21). The van der Waals surface area contributed by atoms with E-state index in [2.05, 4.69) is 26.6 Å². The van der Waals surface area contributed by atoms with Crippen LogP contribution in [0.25, 0.3) is 0 Å². The first-order chi connectivity index (χ1) is 10.7. The SMILES string of the molecule is CC(Nc1ccc(NC(=O)OC(C)(C)C)cc1)c1ccc(Br)o1. The molecule has 0 saturated carbocycles. The Morgan fingerprint density at radius 2 is 1.74 bits per heavy atom. The van der Waals surface area contributed by atoms with Crippen molar-refractivity contribution in [1.82, 2.24) is 0 Å². The van der Waals surface area contributed by atoms with Gasteiger partial charge in [-0.3, -0.25) is 5.32 Å². The van der Waals surface area contributed by atoms with Crippen LogP contribution in [0, 0.1) is 0 Å². The first-order valence-electron chi connectivity index (χ1n) is 7.35. The molecular weight excluding hydrogens is 360 g/mol. The average Bonchev–Trinajstić information content (AvgIpc) is 2.85. The molecule has 0 fully saturated rings. The Hall–Kier alpha value is -1.95. The molecule has 2 aromatic rings. The number of amides is 1. The molecule has 6 heteroatoms. The van der Waals surface area contributed by atoms with E-state index < -0.39 is 11.7 Å². The maximum Gasteiger partial charge on any atom is 0.412 e. The van der Waals surface area contributed by atoms with Crippen LogP contribution >= 0.6 is 15.9 Å². The number of furan rings is 1. The average molecular weight is 381 g/mol. The number of hydrogen-bond donors (Lipinski definition) is 2. The molecule has 1 aromatic carbocycles. The van der Waals surface area contributed by atoms with Crippen LogP contribution < -0.4 is 10.6 Å². The first kappa shape index (κ1) is 17.4. The predicted molar refractivity (Wildman–Crippen MR) is 94.7 cm³/mol. The van der Waals surface area contributed by atoms with Crippen LogP contribution in [-0.2, 0) is 4.74 Å². The second-order valence-electron chi connectivity index (χ2n) is 6.21. The summed E-state index contributed by atoms with van der Waals surface area (Å²) in [6.07, 6.45) is -0.466. The van der Waals surface area contributed by atoms with E-state index in [4.69, 9.17) is 9.15 Å². The summed E-state index contributed by atoms with van der Waals surface area (Å²) in [6, 6.07) is 11.2. The summed E-state index contributed by atoms with van der Waals surface area (Å²) in [5.74, 6) is 0.841. The third kappa shape index (κ3) is 5.63. The van der Waals surface area contributed by atoms with Crippen LogP contribution in [0.2, 0.25) is 0 Å². The van der Waals surface area contributed by atoms with Crippen molar-refractivity contribution < 1.29 is 13.9 Å². The number of carbonyl (C=O) groups excluding carboxylic acids is 1. The van der Waals surface area contributed by atoms with E-state index >= 15 is 0 Å². The smallest absolute Gasteiger partial charge is 0.412 e. The van der Waals surface area contributed by atoms with Crippen molar-refractivity contribution in [3.63, 3.8) is 0 Å². The molecule has 1 heterocycles. The number of carbonyl (C=O) groups is 1. The maximum atomic E-state index is 11.7. The molecule has 0 aliphatic carbocycles. The number of rotatable bonds is 4. The number of hydrogen-bond acceptors (Lipinski definition) is 4. The fraction of sp³-hybridized carbons (Fsp3) is 0.353. The van der Waals surface area contributed by atoms with Gasteiger partial charge in [-0.1, -0.05) is 0 Å². The Labute approximate surface area is 144 Å². The minimum atomic E-state index is -0.516. The summed E-state index contributed by atoms with van der Waals surface area (Å²) in [7, 11) is 0. The quantitative estimate of drug-likeness (QED) is 0.728. The van der Waals surface area contributed by atoms with Gasteiger partial charge in [0.05, 0.1) is 6.04 Å². The third-order valence-corrected chi connectivity index (χ3v) is 3.36. The molecule has 1 amide bonds. The van der Waals surface area contributed by atoms with Gasteiger partial charge in [0.25, 0.3) is 0 Å². The molecule has 0 radical (unpaired) electrons. The summed E-state index contributed by atoms with van der Waals surface area (Å²) >= 11 is 3.29. The van der Waals surface area contributed by atoms with E-state index in [1.165, 1.54) is 0 Å². The van der Waals surface area contributed by atoms with Crippen LogP contribution in [0.1, 0.15) is 39.5 Å². The Morgan fingerprint density at radius 3 is 2.26 bits per heavy atom. The van der Waals surface area contributed by atoms with E-state index in [9.17, 15) is 4.79 Å². The number of ether oxygens (including phenoxy) is 1.